The smallest absolute Gasteiger partial charge is 0.414 e. The number of quaternary nitrogens is 1. The number of carbonyl (C=O) groups excluding carboxylic acids is 1. The lowest BCUT2D eigenvalue weighted by molar-refractivity contribution is -0.787. The van der Waals surface area contributed by atoms with E-state index in [1.54, 1.807) is 0 Å². The minimum Gasteiger partial charge on any atom is -0.414 e. The normalized spacial score (nSPS) is 22.6. The molecular weight excluding hydrogens is 330 g/mol. The van der Waals surface area contributed by atoms with Crippen LogP contribution in [-0.2, 0) is 4.74 Å². The first kappa shape index (κ1) is 16.2. The molecule has 2 rings (SSSR count). The van der Waals surface area contributed by atoms with Gasteiger partial charge in [-0.2, -0.15) is 9.28 Å². The number of nitrogens with zero attached hydrogens (tertiary/aromatic N) is 1. The van der Waals surface area contributed by atoms with Crippen LogP contribution >= 0.6 is 15.9 Å². The number of rotatable bonds is 1. The standard InChI is InChI=1S/C17H23BrNO2/c1-17(2,3)21-16(20)19(4)10-6-8-14(12-19)13-7-5-9-15(18)11-13/h5,7,9,11-12H,6,8,10H2,1-4H3/q+1. The van der Waals surface area contributed by atoms with Gasteiger partial charge in [0.05, 0.1) is 13.6 Å². The Bertz CT molecular complexity index is 574. The van der Waals surface area contributed by atoms with Gasteiger partial charge >= 0.3 is 6.09 Å². The zero-order valence-corrected chi connectivity index (χ0v) is 14.7. The molecule has 4 heteroatoms. The van der Waals surface area contributed by atoms with Crippen molar-refractivity contribution in [3.05, 3.63) is 40.5 Å². The zero-order valence-electron chi connectivity index (χ0n) is 13.1. The summed E-state index contributed by atoms with van der Waals surface area (Å²) in [4.78, 5) is 12.5. The second-order valence-electron chi connectivity index (χ2n) is 6.74. The molecule has 1 aromatic carbocycles. The fourth-order valence-electron chi connectivity index (χ4n) is 2.49. The number of hydrogen-bond donors (Lipinski definition) is 0. The maximum Gasteiger partial charge on any atom is 0.521 e. The summed E-state index contributed by atoms with van der Waals surface area (Å²) in [7, 11) is 1.92. The van der Waals surface area contributed by atoms with Gasteiger partial charge in [0.2, 0.25) is 0 Å². The summed E-state index contributed by atoms with van der Waals surface area (Å²) in [5.74, 6) is 0. The zero-order chi connectivity index (χ0) is 15.7. The molecule has 0 bridgehead atoms. The maximum atomic E-state index is 12.5. The highest BCUT2D eigenvalue weighted by Crippen LogP contribution is 2.30. The first-order valence-corrected chi connectivity index (χ1v) is 8.05. The number of halogens is 1. The molecule has 1 amide bonds. The summed E-state index contributed by atoms with van der Waals surface area (Å²) in [5.41, 5.74) is 1.91. The molecule has 0 aliphatic carbocycles. The second-order valence-corrected chi connectivity index (χ2v) is 7.66. The van der Waals surface area contributed by atoms with Crippen LogP contribution < -0.4 is 0 Å². The summed E-state index contributed by atoms with van der Waals surface area (Å²) in [6.45, 7) is 6.49. The lowest BCUT2D eigenvalue weighted by atomic mass is 9.98. The maximum absolute atomic E-state index is 12.5. The van der Waals surface area contributed by atoms with E-state index in [4.69, 9.17) is 4.74 Å². The average Bonchev–Trinajstić information content (AvgIpc) is 2.37. The number of ether oxygens (including phenoxy) is 1. The first-order chi connectivity index (χ1) is 9.70. The van der Waals surface area contributed by atoms with Gasteiger partial charge in [0.25, 0.3) is 0 Å². The summed E-state index contributed by atoms with van der Waals surface area (Å²) >= 11 is 3.50. The summed E-state index contributed by atoms with van der Waals surface area (Å²) in [6.07, 6.45) is 3.83. The van der Waals surface area contributed by atoms with Crippen molar-refractivity contribution >= 4 is 27.6 Å². The fraction of sp³-hybridized carbons (Fsp3) is 0.471. The molecule has 1 aromatic rings. The number of amides is 1. The van der Waals surface area contributed by atoms with Crippen LogP contribution in [0.3, 0.4) is 0 Å². The van der Waals surface area contributed by atoms with Crippen LogP contribution in [-0.4, -0.2) is 29.8 Å². The third-order valence-electron chi connectivity index (χ3n) is 3.52. The predicted octanol–water partition coefficient (Wildman–Crippen LogP) is 4.97. The Hall–Kier alpha value is -1.13. The highest BCUT2D eigenvalue weighted by Gasteiger charge is 2.37. The Balaban J connectivity index is 2.29. The molecule has 1 aliphatic rings. The lowest BCUT2D eigenvalue weighted by Gasteiger charge is -2.33. The highest BCUT2D eigenvalue weighted by molar-refractivity contribution is 9.10. The van der Waals surface area contributed by atoms with E-state index in [1.165, 1.54) is 5.57 Å². The molecule has 0 aromatic heterocycles. The van der Waals surface area contributed by atoms with Crippen LogP contribution in [0.5, 0.6) is 0 Å². The SMILES string of the molecule is CC(C)(C)OC(=O)[N+]1(C)C=C(c2cccc(Br)c2)CCC1. The monoisotopic (exact) mass is 352 g/mol. The van der Waals surface area contributed by atoms with Crippen molar-refractivity contribution in [1.82, 2.24) is 0 Å². The summed E-state index contributed by atoms with van der Waals surface area (Å²) in [6, 6.07) is 8.21. The Morgan fingerprint density at radius 2 is 2.05 bits per heavy atom. The lowest BCUT2D eigenvalue weighted by Crippen LogP contribution is -2.49. The Kier molecular flexibility index (Phi) is 4.59. The summed E-state index contributed by atoms with van der Waals surface area (Å²) < 4.78 is 6.83. The topological polar surface area (TPSA) is 26.3 Å². The molecular formula is C17H23BrNO2+. The van der Waals surface area contributed by atoms with Crippen LogP contribution in [0, 0.1) is 0 Å². The highest BCUT2D eigenvalue weighted by atomic mass is 79.9. The van der Waals surface area contributed by atoms with Gasteiger partial charge in [-0.05, 0) is 44.9 Å². The van der Waals surface area contributed by atoms with Crippen molar-refractivity contribution in [3.8, 4) is 0 Å². The third-order valence-corrected chi connectivity index (χ3v) is 4.01. The number of allylic oxidation sites excluding steroid dienone is 1. The van der Waals surface area contributed by atoms with E-state index in [9.17, 15) is 4.79 Å². The molecule has 0 saturated heterocycles. The first-order valence-electron chi connectivity index (χ1n) is 7.26. The van der Waals surface area contributed by atoms with Gasteiger partial charge in [-0.1, -0.05) is 28.1 Å². The quantitative estimate of drug-likeness (QED) is 0.667. The minimum absolute atomic E-state index is 0.185. The van der Waals surface area contributed by atoms with Crippen molar-refractivity contribution in [2.24, 2.45) is 0 Å². The van der Waals surface area contributed by atoms with Crippen molar-refractivity contribution in [2.45, 2.75) is 39.2 Å². The van der Waals surface area contributed by atoms with E-state index in [1.807, 2.05) is 46.2 Å². The summed E-state index contributed by atoms with van der Waals surface area (Å²) in [5, 5.41) is 0. The van der Waals surface area contributed by atoms with Gasteiger partial charge in [-0.25, -0.2) is 0 Å². The molecule has 1 heterocycles. The van der Waals surface area contributed by atoms with E-state index in [0.717, 1.165) is 29.4 Å². The van der Waals surface area contributed by atoms with Gasteiger partial charge in [0.15, 0.2) is 0 Å². The van der Waals surface area contributed by atoms with Crippen molar-refractivity contribution < 1.29 is 14.0 Å². The fourth-order valence-corrected chi connectivity index (χ4v) is 2.89. The van der Waals surface area contributed by atoms with Gasteiger partial charge in [0, 0.05) is 16.5 Å². The molecule has 21 heavy (non-hydrogen) atoms. The Morgan fingerprint density at radius 1 is 1.33 bits per heavy atom. The Morgan fingerprint density at radius 3 is 2.67 bits per heavy atom. The molecule has 0 saturated carbocycles. The van der Waals surface area contributed by atoms with Crippen LogP contribution in [0.25, 0.3) is 5.57 Å². The molecule has 0 spiro atoms. The van der Waals surface area contributed by atoms with Crippen LogP contribution in [0.4, 0.5) is 4.79 Å². The number of benzene rings is 1. The van der Waals surface area contributed by atoms with Crippen LogP contribution in [0.15, 0.2) is 34.9 Å². The number of hydrogen-bond acceptors (Lipinski definition) is 2. The van der Waals surface area contributed by atoms with Crippen LogP contribution in [0.1, 0.15) is 39.2 Å². The van der Waals surface area contributed by atoms with E-state index < -0.39 is 5.60 Å². The molecule has 1 atom stereocenters. The van der Waals surface area contributed by atoms with Crippen molar-refractivity contribution in [3.63, 3.8) is 0 Å². The molecule has 0 radical (unpaired) electrons. The molecule has 0 fully saturated rings. The van der Waals surface area contributed by atoms with Gasteiger partial charge in [0.1, 0.15) is 11.8 Å². The van der Waals surface area contributed by atoms with E-state index in [0.29, 0.717) is 0 Å². The number of carbonyl (C=O) groups is 1. The molecule has 0 N–H and O–H groups in total. The van der Waals surface area contributed by atoms with E-state index in [2.05, 4.69) is 28.1 Å². The molecule has 1 unspecified atom stereocenters. The Labute approximate surface area is 135 Å². The molecule has 3 nitrogen and oxygen atoms in total. The molecule has 114 valence electrons. The van der Waals surface area contributed by atoms with E-state index in [-0.39, 0.29) is 10.6 Å². The minimum atomic E-state index is -0.459. The predicted molar refractivity (Wildman–Crippen MR) is 88.6 cm³/mol. The largest absolute Gasteiger partial charge is 0.521 e. The van der Waals surface area contributed by atoms with Crippen molar-refractivity contribution in [2.75, 3.05) is 13.6 Å². The average molecular weight is 353 g/mol. The van der Waals surface area contributed by atoms with Gasteiger partial charge < -0.3 is 4.74 Å². The third kappa shape index (κ3) is 4.17. The van der Waals surface area contributed by atoms with Gasteiger partial charge in [-0.3, -0.25) is 0 Å². The molecule has 1 aliphatic heterocycles. The van der Waals surface area contributed by atoms with Crippen molar-refractivity contribution in [1.29, 1.82) is 0 Å². The van der Waals surface area contributed by atoms with Crippen LogP contribution in [0.2, 0.25) is 0 Å². The second kappa shape index (κ2) is 5.93. The van der Waals surface area contributed by atoms with E-state index >= 15 is 0 Å². The van der Waals surface area contributed by atoms with Gasteiger partial charge in [-0.15, -0.1) is 0 Å².